The summed E-state index contributed by atoms with van der Waals surface area (Å²) in [5.41, 5.74) is 12.6. The predicted molar refractivity (Wildman–Crippen MR) is 77.8 cm³/mol. The lowest BCUT2D eigenvalue weighted by Crippen LogP contribution is -2.14. The third kappa shape index (κ3) is 3.26. The van der Waals surface area contributed by atoms with Crippen molar-refractivity contribution in [3.05, 3.63) is 58.1 Å². The first-order valence-electron chi connectivity index (χ1n) is 5.63. The maximum Gasteiger partial charge on any atom is 0.250 e. The summed E-state index contributed by atoms with van der Waals surface area (Å²) in [6.07, 6.45) is 0. The smallest absolute Gasteiger partial charge is 0.250 e. The van der Waals surface area contributed by atoms with Gasteiger partial charge in [0.2, 0.25) is 0 Å². The number of para-hydroxylation sites is 1. The van der Waals surface area contributed by atoms with Gasteiger partial charge < -0.3 is 16.2 Å². The Labute approximate surface area is 119 Å². The monoisotopic (exact) mass is 320 g/mol. The molecule has 0 fully saturated rings. The van der Waals surface area contributed by atoms with Crippen molar-refractivity contribution in [3.63, 3.8) is 0 Å². The standard InChI is InChI=1S/C14H13BrN2O2/c15-10-6-4-9(5-7-10)8-19-12-3-1-2-11(13(12)16)14(17)18/h1-7H,8,16H2,(H2,17,18). The van der Waals surface area contributed by atoms with E-state index in [0.29, 0.717) is 12.4 Å². The minimum Gasteiger partial charge on any atom is -0.487 e. The molecule has 0 aliphatic heterocycles. The second kappa shape index (κ2) is 5.75. The van der Waals surface area contributed by atoms with E-state index in [-0.39, 0.29) is 11.3 Å². The summed E-state index contributed by atoms with van der Waals surface area (Å²) in [6, 6.07) is 12.7. The van der Waals surface area contributed by atoms with Crippen LogP contribution in [0.5, 0.6) is 5.75 Å². The van der Waals surface area contributed by atoms with Gasteiger partial charge in [-0.25, -0.2) is 0 Å². The van der Waals surface area contributed by atoms with Gasteiger partial charge in [0.1, 0.15) is 12.4 Å². The molecule has 0 unspecified atom stereocenters. The number of hydrogen-bond donors (Lipinski definition) is 2. The van der Waals surface area contributed by atoms with E-state index in [2.05, 4.69) is 15.9 Å². The third-order valence-electron chi connectivity index (χ3n) is 2.64. The Morgan fingerprint density at radius 1 is 1.16 bits per heavy atom. The molecule has 0 saturated carbocycles. The topological polar surface area (TPSA) is 78.3 Å². The predicted octanol–water partition coefficient (Wildman–Crippen LogP) is 2.71. The van der Waals surface area contributed by atoms with Crippen molar-refractivity contribution in [2.45, 2.75) is 6.61 Å². The van der Waals surface area contributed by atoms with Crippen LogP contribution in [0.4, 0.5) is 5.69 Å². The summed E-state index contributed by atoms with van der Waals surface area (Å²) in [7, 11) is 0. The SMILES string of the molecule is NC(=O)c1cccc(OCc2ccc(Br)cc2)c1N. The highest BCUT2D eigenvalue weighted by Crippen LogP contribution is 2.25. The van der Waals surface area contributed by atoms with Gasteiger partial charge >= 0.3 is 0 Å². The molecule has 0 bridgehead atoms. The van der Waals surface area contributed by atoms with Gasteiger partial charge in [-0.2, -0.15) is 0 Å². The summed E-state index contributed by atoms with van der Waals surface area (Å²) < 4.78 is 6.61. The van der Waals surface area contributed by atoms with E-state index < -0.39 is 5.91 Å². The van der Waals surface area contributed by atoms with Gasteiger partial charge in [-0.05, 0) is 29.8 Å². The molecule has 0 spiro atoms. The molecule has 4 nitrogen and oxygen atoms in total. The van der Waals surface area contributed by atoms with E-state index in [1.807, 2.05) is 24.3 Å². The number of benzene rings is 2. The average Bonchev–Trinajstić information content (AvgIpc) is 2.39. The van der Waals surface area contributed by atoms with Crippen LogP contribution in [-0.4, -0.2) is 5.91 Å². The Hall–Kier alpha value is -2.01. The van der Waals surface area contributed by atoms with E-state index in [4.69, 9.17) is 16.2 Å². The third-order valence-corrected chi connectivity index (χ3v) is 3.17. The number of primary amides is 1. The van der Waals surface area contributed by atoms with Crippen molar-refractivity contribution in [1.82, 2.24) is 0 Å². The number of halogens is 1. The Kier molecular flexibility index (Phi) is 4.06. The van der Waals surface area contributed by atoms with Crippen molar-refractivity contribution < 1.29 is 9.53 Å². The molecule has 0 saturated heterocycles. The fraction of sp³-hybridized carbons (Fsp3) is 0.0714. The van der Waals surface area contributed by atoms with Crippen LogP contribution in [0, 0.1) is 0 Å². The van der Waals surface area contributed by atoms with Crippen LogP contribution in [0.3, 0.4) is 0 Å². The molecular formula is C14H13BrN2O2. The minimum atomic E-state index is -0.563. The molecule has 0 radical (unpaired) electrons. The van der Waals surface area contributed by atoms with Crippen molar-refractivity contribution in [2.75, 3.05) is 5.73 Å². The number of nitrogen functional groups attached to an aromatic ring is 1. The molecule has 1 amide bonds. The molecule has 0 aliphatic carbocycles. The summed E-state index contributed by atoms with van der Waals surface area (Å²) in [4.78, 5) is 11.2. The van der Waals surface area contributed by atoms with Crippen LogP contribution < -0.4 is 16.2 Å². The molecule has 0 aromatic heterocycles. The second-order valence-electron chi connectivity index (χ2n) is 4.00. The van der Waals surface area contributed by atoms with Gasteiger partial charge in [-0.1, -0.05) is 34.1 Å². The average molecular weight is 321 g/mol. The summed E-state index contributed by atoms with van der Waals surface area (Å²) in [6.45, 7) is 0.375. The van der Waals surface area contributed by atoms with Crippen molar-refractivity contribution in [2.24, 2.45) is 5.73 Å². The van der Waals surface area contributed by atoms with Gasteiger partial charge in [0.15, 0.2) is 0 Å². The lowest BCUT2D eigenvalue weighted by atomic mass is 10.1. The molecule has 4 N–H and O–H groups in total. The largest absolute Gasteiger partial charge is 0.487 e. The highest BCUT2D eigenvalue weighted by atomic mass is 79.9. The number of hydrogen-bond acceptors (Lipinski definition) is 3. The van der Waals surface area contributed by atoms with Crippen LogP contribution in [0.2, 0.25) is 0 Å². The number of nitrogens with two attached hydrogens (primary N) is 2. The summed E-state index contributed by atoms with van der Waals surface area (Å²) in [5, 5.41) is 0. The zero-order chi connectivity index (χ0) is 13.8. The minimum absolute atomic E-state index is 0.270. The zero-order valence-corrected chi connectivity index (χ0v) is 11.7. The second-order valence-corrected chi connectivity index (χ2v) is 4.91. The molecular weight excluding hydrogens is 308 g/mol. The number of carbonyl (C=O) groups excluding carboxylic acids is 1. The number of amides is 1. The van der Waals surface area contributed by atoms with Crippen molar-refractivity contribution in [1.29, 1.82) is 0 Å². The molecule has 2 aromatic carbocycles. The first-order valence-corrected chi connectivity index (χ1v) is 6.43. The fourth-order valence-corrected chi connectivity index (χ4v) is 1.89. The summed E-state index contributed by atoms with van der Waals surface area (Å²) in [5.74, 6) is -0.106. The van der Waals surface area contributed by atoms with Crippen LogP contribution >= 0.6 is 15.9 Å². The molecule has 2 rings (SSSR count). The molecule has 19 heavy (non-hydrogen) atoms. The normalized spacial score (nSPS) is 10.2. The van der Waals surface area contributed by atoms with Crippen LogP contribution in [-0.2, 0) is 6.61 Å². The van der Waals surface area contributed by atoms with Crippen molar-refractivity contribution >= 4 is 27.5 Å². The fourth-order valence-electron chi connectivity index (χ4n) is 1.63. The molecule has 2 aromatic rings. The highest BCUT2D eigenvalue weighted by Gasteiger charge is 2.10. The Bertz CT molecular complexity index is 597. The van der Waals surface area contributed by atoms with E-state index in [9.17, 15) is 4.79 Å². The van der Waals surface area contributed by atoms with E-state index in [0.717, 1.165) is 10.0 Å². The molecule has 5 heteroatoms. The maximum atomic E-state index is 11.2. The van der Waals surface area contributed by atoms with Gasteiger partial charge in [0, 0.05) is 4.47 Å². The van der Waals surface area contributed by atoms with Crippen LogP contribution in [0.25, 0.3) is 0 Å². The first-order chi connectivity index (χ1) is 9.08. The molecule has 98 valence electrons. The highest BCUT2D eigenvalue weighted by molar-refractivity contribution is 9.10. The number of carbonyl (C=O) groups is 1. The molecule has 0 aliphatic rings. The van der Waals surface area contributed by atoms with Gasteiger partial charge in [-0.3, -0.25) is 4.79 Å². The Balaban J connectivity index is 2.13. The van der Waals surface area contributed by atoms with Gasteiger partial charge in [0.05, 0.1) is 11.3 Å². The van der Waals surface area contributed by atoms with Crippen LogP contribution in [0.15, 0.2) is 46.9 Å². The number of anilines is 1. The molecule has 0 heterocycles. The van der Waals surface area contributed by atoms with E-state index in [1.165, 1.54) is 0 Å². The Morgan fingerprint density at radius 3 is 2.47 bits per heavy atom. The molecule has 0 atom stereocenters. The Morgan fingerprint density at radius 2 is 1.84 bits per heavy atom. The number of ether oxygens (including phenoxy) is 1. The first kappa shape index (κ1) is 13.4. The van der Waals surface area contributed by atoms with Crippen molar-refractivity contribution in [3.8, 4) is 5.75 Å². The van der Waals surface area contributed by atoms with Gasteiger partial charge in [-0.15, -0.1) is 0 Å². The van der Waals surface area contributed by atoms with E-state index in [1.54, 1.807) is 18.2 Å². The van der Waals surface area contributed by atoms with Crippen LogP contribution in [0.1, 0.15) is 15.9 Å². The lowest BCUT2D eigenvalue weighted by Gasteiger charge is -2.11. The summed E-state index contributed by atoms with van der Waals surface area (Å²) >= 11 is 3.37. The quantitative estimate of drug-likeness (QED) is 0.850. The van der Waals surface area contributed by atoms with Gasteiger partial charge in [0.25, 0.3) is 5.91 Å². The maximum absolute atomic E-state index is 11.2. The zero-order valence-electron chi connectivity index (χ0n) is 10.1. The lowest BCUT2D eigenvalue weighted by molar-refractivity contribution is 0.100. The van der Waals surface area contributed by atoms with E-state index >= 15 is 0 Å². The number of rotatable bonds is 4.